The molecule has 0 aliphatic carbocycles. The van der Waals surface area contributed by atoms with Crippen LogP contribution in [0.3, 0.4) is 0 Å². The van der Waals surface area contributed by atoms with Gasteiger partial charge >= 0.3 is 0 Å². The topological polar surface area (TPSA) is 29.5 Å². The summed E-state index contributed by atoms with van der Waals surface area (Å²) < 4.78 is 4.89. The lowest BCUT2D eigenvalue weighted by atomic mass is 10.1. The van der Waals surface area contributed by atoms with Crippen molar-refractivity contribution in [1.82, 2.24) is 0 Å². The second-order valence-corrected chi connectivity index (χ2v) is 2.36. The van der Waals surface area contributed by atoms with E-state index in [-0.39, 0.29) is 5.75 Å². The maximum Gasteiger partial charge on any atom is 0.160 e. The van der Waals surface area contributed by atoms with Gasteiger partial charge in [0.15, 0.2) is 11.5 Å². The van der Waals surface area contributed by atoms with E-state index in [2.05, 4.69) is 0 Å². The van der Waals surface area contributed by atoms with Gasteiger partial charge in [-0.1, -0.05) is 13.0 Å². The molecule has 0 saturated carbocycles. The number of phenols is 1. The largest absolute Gasteiger partial charge is 0.504 e. The van der Waals surface area contributed by atoms with Gasteiger partial charge in [-0.15, -0.1) is 0 Å². The monoisotopic (exact) mass is 152 g/mol. The van der Waals surface area contributed by atoms with Crippen LogP contribution >= 0.6 is 0 Å². The van der Waals surface area contributed by atoms with Crippen molar-refractivity contribution in [3.8, 4) is 11.5 Å². The Balaban J connectivity index is 2.99. The second kappa shape index (κ2) is 3.28. The third kappa shape index (κ3) is 1.64. The summed E-state index contributed by atoms with van der Waals surface area (Å²) in [6.45, 7) is 2.04. The Labute approximate surface area is 66.4 Å². The normalized spacial score (nSPS) is 9.64. The zero-order chi connectivity index (χ0) is 8.27. The van der Waals surface area contributed by atoms with Crippen LogP contribution < -0.4 is 4.74 Å². The molecule has 0 amide bonds. The average molecular weight is 152 g/mol. The molecule has 1 rings (SSSR count). The molecule has 1 aromatic rings. The molecular weight excluding hydrogens is 140 g/mol. The fraction of sp³-hybridized carbons (Fsp3) is 0.333. The zero-order valence-corrected chi connectivity index (χ0v) is 6.79. The number of ether oxygens (including phenoxy) is 1. The van der Waals surface area contributed by atoms with Gasteiger partial charge in [0.05, 0.1) is 7.11 Å². The molecule has 0 fully saturated rings. The minimum Gasteiger partial charge on any atom is -0.504 e. The van der Waals surface area contributed by atoms with Crippen molar-refractivity contribution in [2.75, 3.05) is 7.11 Å². The van der Waals surface area contributed by atoms with E-state index >= 15 is 0 Å². The summed E-state index contributed by atoms with van der Waals surface area (Å²) in [6, 6.07) is 5.44. The molecule has 60 valence electrons. The summed E-state index contributed by atoms with van der Waals surface area (Å²) in [5.41, 5.74) is 1.11. The molecule has 1 aromatic carbocycles. The van der Waals surface area contributed by atoms with E-state index in [1.54, 1.807) is 19.2 Å². The van der Waals surface area contributed by atoms with Gasteiger partial charge in [0.25, 0.3) is 0 Å². The highest BCUT2D eigenvalue weighted by atomic mass is 16.5. The Morgan fingerprint density at radius 3 is 2.64 bits per heavy atom. The summed E-state index contributed by atoms with van der Waals surface area (Å²) >= 11 is 0. The molecular formula is C9H12O2. The van der Waals surface area contributed by atoms with Gasteiger partial charge in [-0.3, -0.25) is 0 Å². The van der Waals surface area contributed by atoms with Crippen molar-refractivity contribution >= 4 is 0 Å². The Morgan fingerprint density at radius 2 is 2.18 bits per heavy atom. The Kier molecular flexibility index (Phi) is 2.36. The standard InChI is InChI=1S/C9H12O2/c1-3-7-4-5-9(11-2)8(10)6-7/h4-6,10H,3H2,1-2H3. The number of phenolic OH excluding ortho intramolecular Hbond substituents is 1. The van der Waals surface area contributed by atoms with E-state index in [0.29, 0.717) is 5.75 Å². The lowest BCUT2D eigenvalue weighted by Crippen LogP contribution is -1.85. The van der Waals surface area contributed by atoms with Crippen LogP contribution in [0, 0.1) is 0 Å². The number of rotatable bonds is 2. The van der Waals surface area contributed by atoms with Crippen molar-refractivity contribution < 1.29 is 9.84 Å². The van der Waals surface area contributed by atoms with Crippen LogP contribution in [0.1, 0.15) is 12.5 Å². The van der Waals surface area contributed by atoms with E-state index in [1.807, 2.05) is 13.0 Å². The molecule has 0 aromatic heterocycles. The van der Waals surface area contributed by atoms with Gasteiger partial charge < -0.3 is 9.84 Å². The molecule has 11 heavy (non-hydrogen) atoms. The molecule has 0 aliphatic heterocycles. The molecule has 1 N–H and O–H groups in total. The average Bonchev–Trinajstić information content (AvgIpc) is 2.04. The molecule has 0 radical (unpaired) electrons. The summed E-state index contributed by atoms with van der Waals surface area (Å²) in [5.74, 6) is 0.744. The first-order chi connectivity index (χ1) is 5.27. The fourth-order valence-corrected chi connectivity index (χ4v) is 0.955. The van der Waals surface area contributed by atoms with Gasteiger partial charge in [-0.25, -0.2) is 0 Å². The first-order valence-corrected chi connectivity index (χ1v) is 3.63. The molecule has 0 aliphatic rings. The van der Waals surface area contributed by atoms with E-state index in [9.17, 15) is 5.11 Å². The molecule has 0 saturated heterocycles. The summed E-state index contributed by atoms with van der Waals surface area (Å²) in [7, 11) is 1.54. The van der Waals surface area contributed by atoms with Gasteiger partial charge in [0.1, 0.15) is 0 Å². The predicted molar refractivity (Wildman–Crippen MR) is 44.0 cm³/mol. The molecule has 2 heteroatoms. The number of hydrogen-bond donors (Lipinski definition) is 1. The zero-order valence-electron chi connectivity index (χ0n) is 6.79. The lowest BCUT2D eigenvalue weighted by Gasteiger charge is -2.03. The quantitative estimate of drug-likeness (QED) is 0.702. The van der Waals surface area contributed by atoms with Crippen LogP contribution in [0.5, 0.6) is 11.5 Å². The van der Waals surface area contributed by atoms with Crippen LogP contribution in [0.15, 0.2) is 18.2 Å². The number of hydrogen-bond acceptors (Lipinski definition) is 2. The first kappa shape index (κ1) is 7.92. The highest BCUT2D eigenvalue weighted by molar-refractivity contribution is 5.41. The van der Waals surface area contributed by atoms with Crippen LogP contribution in [0.4, 0.5) is 0 Å². The van der Waals surface area contributed by atoms with Crippen molar-refractivity contribution in [2.45, 2.75) is 13.3 Å². The number of methoxy groups -OCH3 is 1. The van der Waals surface area contributed by atoms with E-state index < -0.39 is 0 Å². The van der Waals surface area contributed by atoms with Crippen LogP contribution in [0.2, 0.25) is 0 Å². The minimum atomic E-state index is 0.215. The number of benzene rings is 1. The molecule has 0 atom stereocenters. The first-order valence-electron chi connectivity index (χ1n) is 3.63. The third-order valence-electron chi connectivity index (χ3n) is 1.65. The van der Waals surface area contributed by atoms with Crippen molar-refractivity contribution in [3.63, 3.8) is 0 Å². The number of aromatic hydroxyl groups is 1. The van der Waals surface area contributed by atoms with E-state index in [4.69, 9.17) is 4.74 Å². The summed E-state index contributed by atoms with van der Waals surface area (Å²) in [4.78, 5) is 0. The smallest absolute Gasteiger partial charge is 0.160 e. The molecule has 0 spiro atoms. The van der Waals surface area contributed by atoms with E-state index in [1.165, 1.54) is 0 Å². The molecule has 0 heterocycles. The van der Waals surface area contributed by atoms with Gasteiger partial charge in [0, 0.05) is 0 Å². The third-order valence-corrected chi connectivity index (χ3v) is 1.65. The van der Waals surface area contributed by atoms with Gasteiger partial charge in [-0.2, -0.15) is 0 Å². The predicted octanol–water partition coefficient (Wildman–Crippen LogP) is 1.96. The van der Waals surface area contributed by atoms with Gasteiger partial charge in [-0.05, 0) is 24.1 Å². The van der Waals surface area contributed by atoms with Crippen molar-refractivity contribution in [3.05, 3.63) is 23.8 Å². The number of aryl methyl sites for hydroxylation is 1. The second-order valence-electron chi connectivity index (χ2n) is 2.36. The Hall–Kier alpha value is -1.18. The molecule has 0 unspecified atom stereocenters. The SMILES string of the molecule is CCc1ccc(OC)c(O)c1. The molecule has 2 nitrogen and oxygen atoms in total. The highest BCUT2D eigenvalue weighted by Gasteiger charge is 1.99. The van der Waals surface area contributed by atoms with Gasteiger partial charge in [0.2, 0.25) is 0 Å². The van der Waals surface area contributed by atoms with Crippen molar-refractivity contribution in [1.29, 1.82) is 0 Å². The maximum absolute atomic E-state index is 9.30. The minimum absolute atomic E-state index is 0.215. The van der Waals surface area contributed by atoms with Crippen LogP contribution in [0.25, 0.3) is 0 Å². The Bertz CT molecular complexity index is 243. The molecule has 0 bridgehead atoms. The fourth-order valence-electron chi connectivity index (χ4n) is 0.955. The summed E-state index contributed by atoms with van der Waals surface area (Å²) in [6.07, 6.45) is 0.928. The Morgan fingerprint density at radius 1 is 1.45 bits per heavy atom. The van der Waals surface area contributed by atoms with E-state index in [0.717, 1.165) is 12.0 Å². The van der Waals surface area contributed by atoms with Crippen LogP contribution in [-0.4, -0.2) is 12.2 Å². The summed E-state index contributed by atoms with van der Waals surface area (Å²) in [5, 5.41) is 9.30. The van der Waals surface area contributed by atoms with Crippen LogP contribution in [-0.2, 0) is 6.42 Å². The lowest BCUT2D eigenvalue weighted by molar-refractivity contribution is 0.373. The van der Waals surface area contributed by atoms with Crippen molar-refractivity contribution in [2.24, 2.45) is 0 Å². The maximum atomic E-state index is 9.30. The highest BCUT2D eigenvalue weighted by Crippen LogP contribution is 2.26.